The molecule has 0 aliphatic carbocycles. The molecule has 4 atom stereocenters. The van der Waals surface area contributed by atoms with Crippen LogP contribution in [0.4, 0.5) is 0 Å². The van der Waals surface area contributed by atoms with Gasteiger partial charge in [-0.15, -0.1) is 0 Å². The molecule has 0 aliphatic rings. The number of amides is 2. The number of esters is 1. The van der Waals surface area contributed by atoms with E-state index in [1.807, 2.05) is 13.8 Å². The molecule has 10 heteroatoms. The molecule has 1 rings (SSSR count). The number of carbonyl (C=O) groups is 4. The van der Waals surface area contributed by atoms with Crippen molar-refractivity contribution in [2.75, 3.05) is 0 Å². The highest BCUT2D eigenvalue weighted by Gasteiger charge is 2.36. The van der Waals surface area contributed by atoms with E-state index in [2.05, 4.69) is 20.6 Å². The van der Waals surface area contributed by atoms with Gasteiger partial charge in [-0.1, -0.05) is 41.0 Å². The summed E-state index contributed by atoms with van der Waals surface area (Å²) in [6.45, 7) is 12.2. The first kappa shape index (κ1) is 28.3. The molecule has 0 radical (unpaired) electrons. The van der Waals surface area contributed by atoms with Crippen molar-refractivity contribution in [1.82, 2.24) is 20.6 Å². The number of ketones is 1. The molecular formula is C23H39N5O5. The summed E-state index contributed by atoms with van der Waals surface area (Å²) in [6.07, 6.45) is 2.75. The number of nitrogens with zero attached hydrogens (tertiary/aromatic N) is 1. The van der Waals surface area contributed by atoms with Gasteiger partial charge < -0.3 is 26.1 Å². The summed E-state index contributed by atoms with van der Waals surface area (Å²) in [5.41, 5.74) is 5.38. The van der Waals surface area contributed by atoms with E-state index in [-0.39, 0.29) is 30.5 Å². The quantitative estimate of drug-likeness (QED) is 0.319. The third-order valence-corrected chi connectivity index (χ3v) is 5.73. The number of nitrogens with one attached hydrogen (secondary N) is 3. The summed E-state index contributed by atoms with van der Waals surface area (Å²) in [4.78, 5) is 57.7. The number of nitrogens with two attached hydrogens (primary N) is 1. The molecule has 0 fully saturated rings. The first-order valence-corrected chi connectivity index (χ1v) is 11.4. The molecule has 0 saturated carbocycles. The van der Waals surface area contributed by atoms with Crippen LogP contribution in [0.2, 0.25) is 0 Å². The zero-order chi connectivity index (χ0) is 25.3. The van der Waals surface area contributed by atoms with E-state index in [1.54, 1.807) is 40.8 Å². The third-order valence-electron chi connectivity index (χ3n) is 5.73. The average molecular weight is 466 g/mol. The maximum atomic E-state index is 13.0. The minimum atomic E-state index is -1.24. The Labute approximate surface area is 195 Å². The van der Waals surface area contributed by atoms with Crippen molar-refractivity contribution in [3.8, 4) is 0 Å². The van der Waals surface area contributed by atoms with E-state index in [9.17, 15) is 19.2 Å². The lowest BCUT2D eigenvalue weighted by Crippen LogP contribution is -2.56. The van der Waals surface area contributed by atoms with E-state index in [1.165, 1.54) is 6.33 Å². The van der Waals surface area contributed by atoms with Gasteiger partial charge >= 0.3 is 5.97 Å². The molecule has 1 aromatic heterocycles. The van der Waals surface area contributed by atoms with Crippen LogP contribution >= 0.6 is 0 Å². The SMILES string of the molecule is CCC(=O)C(C)(C)NC(=O)[C@H](Cc1c[nH]cn1)OC(=O)[C@@H](NC(=O)[C@@H](N)[C@@H](C)CC)C(C)C. The number of ether oxygens (including phenoxy) is 1. The van der Waals surface area contributed by atoms with Crippen LogP contribution in [-0.2, 0) is 30.3 Å². The molecular weight excluding hydrogens is 426 g/mol. The Hall–Kier alpha value is -2.75. The minimum absolute atomic E-state index is 0.00259. The predicted octanol–water partition coefficient (Wildman–Crippen LogP) is 1.25. The van der Waals surface area contributed by atoms with Gasteiger partial charge in [0.15, 0.2) is 11.9 Å². The lowest BCUT2D eigenvalue weighted by Gasteiger charge is -2.29. The van der Waals surface area contributed by atoms with Crippen molar-refractivity contribution in [3.05, 3.63) is 18.2 Å². The molecule has 0 unspecified atom stereocenters. The molecule has 10 nitrogen and oxygen atoms in total. The summed E-state index contributed by atoms with van der Waals surface area (Å²) in [7, 11) is 0. The number of Topliss-reactive ketones (excluding diaryl/α,β-unsaturated/α-hetero) is 1. The molecule has 1 heterocycles. The zero-order valence-electron chi connectivity index (χ0n) is 20.7. The normalized spacial score (nSPS) is 15.3. The fourth-order valence-corrected chi connectivity index (χ4v) is 3.15. The highest BCUT2D eigenvalue weighted by molar-refractivity contribution is 5.94. The lowest BCUT2D eigenvalue weighted by atomic mass is 9.96. The second-order valence-corrected chi connectivity index (χ2v) is 9.22. The summed E-state index contributed by atoms with van der Waals surface area (Å²) in [5.74, 6) is -2.37. The molecule has 1 aromatic rings. The number of aromatic nitrogens is 2. The molecule has 5 N–H and O–H groups in total. The molecule has 2 amide bonds. The van der Waals surface area contributed by atoms with Crippen LogP contribution in [0, 0.1) is 11.8 Å². The summed E-state index contributed by atoms with van der Waals surface area (Å²) in [5, 5.41) is 5.33. The minimum Gasteiger partial charge on any atom is -0.450 e. The standard InChI is InChI=1S/C23H39N5O5/c1-8-14(5)18(24)21(31)27-19(13(3)4)22(32)33-16(10-15-11-25-12-26-15)20(30)28-23(6,7)17(29)9-2/h11-14,16,18-19H,8-10,24H2,1-7H3,(H,25,26)(H,27,31)(H,28,30)/t14-,16-,18-,19-/m0/s1. The first-order chi connectivity index (χ1) is 15.3. The number of carbonyl (C=O) groups excluding carboxylic acids is 4. The first-order valence-electron chi connectivity index (χ1n) is 11.4. The topological polar surface area (TPSA) is 156 Å². The van der Waals surface area contributed by atoms with Crippen molar-refractivity contribution in [3.63, 3.8) is 0 Å². The summed E-state index contributed by atoms with van der Waals surface area (Å²) in [6, 6.07) is -1.76. The molecule has 0 aromatic carbocycles. The van der Waals surface area contributed by atoms with Crippen molar-refractivity contribution in [2.24, 2.45) is 17.6 Å². The van der Waals surface area contributed by atoms with Crippen molar-refractivity contribution < 1.29 is 23.9 Å². The van der Waals surface area contributed by atoms with Gasteiger partial charge in [-0.3, -0.25) is 14.4 Å². The van der Waals surface area contributed by atoms with Crippen LogP contribution in [-0.4, -0.2) is 57.3 Å². The molecule has 33 heavy (non-hydrogen) atoms. The molecule has 186 valence electrons. The maximum Gasteiger partial charge on any atom is 0.329 e. The number of hydrogen-bond donors (Lipinski definition) is 4. The number of aromatic amines is 1. The highest BCUT2D eigenvalue weighted by atomic mass is 16.5. The zero-order valence-corrected chi connectivity index (χ0v) is 20.7. The Morgan fingerprint density at radius 2 is 1.79 bits per heavy atom. The van der Waals surface area contributed by atoms with E-state index >= 15 is 0 Å². The number of rotatable bonds is 13. The fourth-order valence-electron chi connectivity index (χ4n) is 3.15. The number of hydrogen-bond acceptors (Lipinski definition) is 7. The van der Waals surface area contributed by atoms with Crippen LogP contribution in [0.1, 0.15) is 67.0 Å². The summed E-state index contributed by atoms with van der Waals surface area (Å²) >= 11 is 0. The Morgan fingerprint density at radius 1 is 1.15 bits per heavy atom. The highest BCUT2D eigenvalue weighted by Crippen LogP contribution is 2.14. The second-order valence-electron chi connectivity index (χ2n) is 9.22. The van der Waals surface area contributed by atoms with E-state index < -0.39 is 41.5 Å². The van der Waals surface area contributed by atoms with Crippen molar-refractivity contribution in [2.45, 2.75) is 91.5 Å². The Balaban J connectivity index is 3.05. The van der Waals surface area contributed by atoms with Crippen molar-refractivity contribution >= 4 is 23.6 Å². The molecule has 0 spiro atoms. The second kappa shape index (κ2) is 12.5. The molecule has 0 aliphatic heterocycles. The fraction of sp³-hybridized carbons (Fsp3) is 0.696. The van der Waals surface area contributed by atoms with Gasteiger partial charge in [-0.2, -0.15) is 0 Å². The van der Waals surface area contributed by atoms with Gasteiger partial charge in [0.1, 0.15) is 6.04 Å². The lowest BCUT2D eigenvalue weighted by molar-refractivity contribution is -0.160. The Morgan fingerprint density at radius 3 is 2.27 bits per heavy atom. The maximum absolute atomic E-state index is 13.0. The van der Waals surface area contributed by atoms with Crippen molar-refractivity contribution in [1.29, 1.82) is 0 Å². The number of imidazole rings is 1. The molecule has 0 bridgehead atoms. The Bertz CT molecular complexity index is 806. The monoisotopic (exact) mass is 465 g/mol. The Kier molecular flexibility index (Phi) is 10.7. The van der Waals surface area contributed by atoms with Crippen LogP contribution in [0.15, 0.2) is 12.5 Å². The van der Waals surface area contributed by atoms with Gasteiger partial charge in [0, 0.05) is 19.0 Å². The number of H-pyrrole nitrogens is 1. The average Bonchev–Trinajstić information content (AvgIpc) is 3.27. The van der Waals surface area contributed by atoms with Crippen LogP contribution in [0.25, 0.3) is 0 Å². The van der Waals surface area contributed by atoms with Gasteiger partial charge in [-0.05, 0) is 25.7 Å². The summed E-state index contributed by atoms with van der Waals surface area (Å²) < 4.78 is 5.56. The van der Waals surface area contributed by atoms with E-state index in [0.717, 1.165) is 0 Å². The van der Waals surface area contributed by atoms with Gasteiger partial charge in [0.25, 0.3) is 5.91 Å². The largest absolute Gasteiger partial charge is 0.450 e. The van der Waals surface area contributed by atoms with Gasteiger partial charge in [0.05, 0.1) is 23.6 Å². The van der Waals surface area contributed by atoms with Crippen LogP contribution < -0.4 is 16.4 Å². The predicted molar refractivity (Wildman–Crippen MR) is 124 cm³/mol. The molecule has 0 saturated heterocycles. The van der Waals surface area contributed by atoms with Gasteiger partial charge in [0.2, 0.25) is 5.91 Å². The van der Waals surface area contributed by atoms with Crippen LogP contribution in [0.5, 0.6) is 0 Å². The van der Waals surface area contributed by atoms with E-state index in [0.29, 0.717) is 12.1 Å². The van der Waals surface area contributed by atoms with E-state index in [4.69, 9.17) is 10.5 Å². The third kappa shape index (κ3) is 8.27. The smallest absolute Gasteiger partial charge is 0.329 e. The van der Waals surface area contributed by atoms with Crippen LogP contribution in [0.3, 0.4) is 0 Å². The van der Waals surface area contributed by atoms with Gasteiger partial charge in [-0.25, -0.2) is 9.78 Å².